The summed E-state index contributed by atoms with van der Waals surface area (Å²) >= 11 is 3.41. The predicted molar refractivity (Wildman–Crippen MR) is 72.2 cm³/mol. The lowest BCUT2D eigenvalue weighted by Crippen LogP contribution is -2.21. The molecule has 0 spiro atoms. The Bertz CT molecular complexity index is 348. The van der Waals surface area contributed by atoms with E-state index in [2.05, 4.69) is 27.3 Å². The fraction of sp³-hybridized carbons (Fsp3) is 0.538. The van der Waals surface area contributed by atoms with Crippen LogP contribution in [0, 0.1) is 5.92 Å². The van der Waals surface area contributed by atoms with Crippen LogP contribution in [0.5, 0.6) is 0 Å². The van der Waals surface area contributed by atoms with Crippen molar-refractivity contribution in [3.63, 3.8) is 0 Å². The molecule has 2 rings (SSSR count). The van der Waals surface area contributed by atoms with E-state index in [-0.39, 0.29) is 0 Å². The van der Waals surface area contributed by atoms with Gasteiger partial charge in [0.05, 0.1) is 0 Å². The minimum absolute atomic E-state index is 0.866. The van der Waals surface area contributed by atoms with Crippen molar-refractivity contribution in [3.8, 4) is 0 Å². The molecule has 1 aromatic carbocycles. The number of nitrogen functional groups attached to an aromatic ring is 1. The summed E-state index contributed by atoms with van der Waals surface area (Å²) in [5.41, 5.74) is 7.99. The van der Waals surface area contributed by atoms with Crippen molar-refractivity contribution in [3.05, 3.63) is 28.2 Å². The molecule has 0 unspecified atom stereocenters. The van der Waals surface area contributed by atoms with Crippen LogP contribution in [0.3, 0.4) is 0 Å². The number of rotatable bonds is 5. The highest BCUT2D eigenvalue weighted by atomic mass is 79.9. The van der Waals surface area contributed by atoms with Crippen LogP contribution in [-0.4, -0.2) is 6.54 Å². The number of benzene rings is 1. The maximum Gasteiger partial charge on any atom is 0.0370 e. The Hall–Kier alpha value is -0.540. The molecule has 3 heteroatoms. The van der Waals surface area contributed by atoms with E-state index in [9.17, 15) is 0 Å². The van der Waals surface area contributed by atoms with Gasteiger partial charge in [0, 0.05) is 16.7 Å². The van der Waals surface area contributed by atoms with Gasteiger partial charge in [-0.3, -0.25) is 0 Å². The minimum atomic E-state index is 0.866. The fourth-order valence-electron chi connectivity index (χ4n) is 2.04. The average Bonchev–Trinajstić information content (AvgIpc) is 2.18. The smallest absolute Gasteiger partial charge is 0.0370 e. The van der Waals surface area contributed by atoms with Crippen molar-refractivity contribution < 1.29 is 0 Å². The van der Waals surface area contributed by atoms with Crippen molar-refractivity contribution in [2.45, 2.75) is 32.2 Å². The summed E-state index contributed by atoms with van der Waals surface area (Å²) < 4.78 is 1.04. The molecule has 3 N–H and O–H groups in total. The quantitative estimate of drug-likeness (QED) is 0.642. The number of hydrogen-bond acceptors (Lipinski definition) is 2. The van der Waals surface area contributed by atoms with Crippen molar-refractivity contribution in [1.29, 1.82) is 0 Å². The topological polar surface area (TPSA) is 38.0 Å². The molecule has 0 saturated heterocycles. The molecule has 2 nitrogen and oxygen atoms in total. The van der Waals surface area contributed by atoms with Crippen LogP contribution in [0.4, 0.5) is 5.69 Å². The molecular formula is C13H19BrN2. The first-order valence-electron chi connectivity index (χ1n) is 6.00. The standard InChI is InChI=1S/C13H19BrN2/c14-12-5-4-11(13(15)8-12)9-16-7-6-10-2-1-3-10/h4-5,8,10,16H,1-3,6-7,9,15H2. The third-order valence-electron chi connectivity index (χ3n) is 3.38. The second-order valence-corrected chi connectivity index (χ2v) is 5.52. The fourth-order valence-corrected chi connectivity index (χ4v) is 2.42. The van der Waals surface area contributed by atoms with E-state index in [1.54, 1.807) is 0 Å². The highest BCUT2D eigenvalue weighted by Gasteiger charge is 2.16. The summed E-state index contributed by atoms with van der Waals surface area (Å²) in [6, 6.07) is 6.08. The first-order valence-corrected chi connectivity index (χ1v) is 6.79. The van der Waals surface area contributed by atoms with Crippen LogP contribution >= 0.6 is 15.9 Å². The van der Waals surface area contributed by atoms with Gasteiger partial charge in [-0.25, -0.2) is 0 Å². The SMILES string of the molecule is Nc1cc(Br)ccc1CNCCC1CCC1. The summed E-state index contributed by atoms with van der Waals surface area (Å²) in [4.78, 5) is 0. The highest BCUT2D eigenvalue weighted by molar-refractivity contribution is 9.10. The Balaban J connectivity index is 1.71. The largest absolute Gasteiger partial charge is 0.398 e. The molecule has 1 aromatic rings. The second kappa shape index (κ2) is 5.69. The van der Waals surface area contributed by atoms with E-state index in [1.807, 2.05) is 12.1 Å². The van der Waals surface area contributed by atoms with Crippen LogP contribution in [0.15, 0.2) is 22.7 Å². The zero-order valence-electron chi connectivity index (χ0n) is 9.51. The average molecular weight is 283 g/mol. The van der Waals surface area contributed by atoms with Crippen LogP contribution in [0.2, 0.25) is 0 Å². The van der Waals surface area contributed by atoms with Crippen LogP contribution < -0.4 is 11.1 Å². The molecule has 1 aliphatic rings. The lowest BCUT2D eigenvalue weighted by atomic mass is 9.83. The van der Waals surface area contributed by atoms with E-state index in [0.717, 1.165) is 29.2 Å². The molecule has 0 aromatic heterocycles. The van der Waals surface area contributed by atoms with Gasteiger partial charge < -0.3 is 11.1 Å². The van der Waals surface area contributed by atoms with E-state index in [0.29, 0.717) is 0 Å². The maximum absolute atomic E-state index is 5.93. The van der Waals surface area contributed by atoms with Crippen LogP contribution in [-0.2, 0) is 6.54 Å². The molecule has 0 heterocycles. The Morgan fingerprint density at radius 1 is 1.38 bits per heavy atom. The first kappa shape index (κ1) is 11.9. The highest BCUT2D eigenvalue weighted by Crippen LogP contribution is 2.28. The lowest BCUT2D eigenvalue weighted by molar-refractivity contribution is 0.292. The monoisotopic (exact) mass is 282 g/mol. The summed E-state index contributed by atoms with van der Waals surface area (Å²) in [5, 5.41) is 3.47. The molecule has 0 radical (unpaired) electrons. The van der Waals surface area contributed by atoms with E-state index >= 15 is 0 Å². The van der Waals surface area contributed by atoms with E-state index in [4.69, 9.17) is 5.73 Å². The van der Waals surface area contributed by atoms with Crippen molar-refractivity contribution in [2.24, 2.45) is 5.92 Å². The van der Waals surface area contributed by atoms with Gasteiger partial charge in [-0.1, -0.05) is 41.3 Å². The molecule has 0 aliphatic heterocycles. The van der Waals surface area contributed by atoms with Gasteiger partial charge in [-0.15, -0.1) is 0 Å². The molecule has 88 valence electrons. The third-order valence-corrected chi connectivity index (χ3v) is 3.87. The third kappa shape index (κ3) is 3.22. The van der Waals surface area contributed by atoms with Crippen molar-refractivity contribution in [2.75, 3.05) is 12.3 Å². The maximum atomic E-state index is 5.93. The van der Waals surface area contributed by atoms with Gasteiger partial charge in [-0.2, -0.15) is 0 Å². The molecule has 16 heavy (non-hydrogen) atoms. The van der Waals surface area contributed by atoms with Crippen LogP contribution in [0.25, 0.3) is 0 Å². The second-order valence-electron chi connectivity index (χ2n) is 4.61. The number of anilines is 1. The van der Waals surface area contributed by atoms with Gasteiger partial charge in [0.1, 0.15) is 0 Å². The van der Waals surface area contributed by atoms with Gasteiger partial charge >= 0.3 is 0 Å². The predicted octanol–water partition coefficient (Wildman–Crippen LogP) is 3.31. The Morgan fingerprint density at radius 3 is 2.81 bits per heavy atom. The molecule has 1 saturated carbocycles. The van der Waals surface area contributed by atoms with Crippen LogP contribution in [0.1, 0.15) is 31.2 Å². The molecule has 1 aliphatic carbocycles. The van der Waals surface area contributed by atoms with Crippen molar-refractivity contribution in [1.82, 2.24) is 5.32 Å². The van der Waals surface area contributed by atoms with E-state index < -0.39 is 0 Å². The Kier molecular flexibility index (Phi) is 4.24. The zero-order valence-corrected chi connectivity index (χ0v) is 11.1. The summed E-state index contributed by atoms with van der Waals surface area (Å²) in [6.07, 6.45) is 5.62. The first-order chi connectivity index (χ1) is 7.75. The number of hydrogen-bond donors (Lipinski definition) is 2. The zero-order chi connectivity index (χ0) is 11.4. The number of nitrogens with one attached hydrogen (secondary N) is 1. The Morgan fingerprint density at radius 2 is 2.19 bits per heavy atom. The molecule has 1 fully saturated rings. The molecular weight excluding hydrogens is 264 g/mol. The molecule has 0 amide bonds. The summed E-state index contributed by atoms with van der Waals surface area (Å²) in [6.45, 7) is 1.99. The Labute approximate surface area is 106 Å². The van der Waals surface area contributed by atoms with Crippen molar-refractivity contribution >= 4 is 21.6 Å². The summed E-state index contributed by atoms with van der Waals surface area (Å²) in [7, 11) is 0. The number of halogens is 1. The van der Waals surface area contributed by atoms with E-state index in [1.165, 1.54) is 31.2 Å². The number of nitrogens with two attached hydrogens (primary N) is 1. The van der Waals surface area contributed by atoms with Gasteiger partial charge in [0.15, 0.2) is 0 Å². The van der Waals surface area contributed by atoms with Gasteiger partial charge in [-0.05, 0) is 36.6 Å². The van der Waals surface area contributed by atoms with Gasteiger partial charge in [0.25, 0.3) is 0 Å². The minimum Gasteiger partial charge on any atom is -0.398 e. The normalized spacial score (nSPS) is 16.1. The molecule has 0 atom stereocenters. The molecule has 0 bridgehead atoms. The lowest BCUT2D eigenvalue weighted by Gasteiger charge is -2.25. The van der Waals surface area contributed by atoms with Gasteiger partial charge in [0.2, 0.25) is 0 Å². The summed E-state index contributed by atoms with van der Waals surface area (Å²) in [5.74, 6) is 0.981.